The number of nitrogens with two attached hydrogens (primary N) is 1. The van der Waals surface area contributed by atoms with Gasteiger partial charge in [-0.2, -0.15) is 5.10 Å². The first-order chi connectivity index (χ1) is 7.54. The van der Waals surface area contributed by atoms with Gasteiger partial charge in [0.15, 0.2) is 5.82 Å². The van der Waals surface area contributed by atoms with Crippen LogP contribution in [-0.4, -0.2) is 22.9 Å². The standard InChI is InChI=1S/C12H22N4/c1-4-12(2)5-7-16(8-6-12)11-10(13)9-15(3)14-11/h9H,4-8,13H2,1-3H3. The van der Waals surface area contributed by atoms with E-state index in [1.54, 1.807) is 4.68 Å². The molecule has 0 spiro atoms. The molecule has 1 aliphatic rings. The second-order valence-electron chi connectivity index (χ2n) is 5.23. The van der Waals surface area contributed by atoms with Gasteiger partial charge in [-0.1, -0.05) is 20.3 Å². The fourth-order valence-electron chi connectivity index (χ4n) is 2.35. The molecule has 90 valence electrons. The summed E-state index contributed by atoms with van der Waals surface area (Å²) in [6, 6.07) is 0. The third-order valence-electron chi connectivity index (χ3n) is 3.96. The summed E-state index contributed by atoms with van der Waals surface area (Å²) in [4.78, 5) is 2.31. The van der Waals surface area contributed by atoms with Crippen molar-refractivity contribution < 1.29 is 0 Å². The summed E-state index contributed by atoms with van der Waals surface area (Å²) >= 11 is 0. The molecule has 2 rings (SSSR count). The molecule has 0 amide bonds. The number of hydrogen-bond acceptors (Lipinski definition) is 3. The molecular formula is C12H22N4. The third-order valence-corrected chi connectivity index (χ3v) is 3.96. The zero-order chi connectivity index (χ0) is 11.8. The van der Waals surface area contributed by atoms with Crippen LogP contribution in [0.1, 0.15) is 33.1 Å². The van der Waals surface area contributed by atoms with E-state index in [0.29, 0.717) is 5.41 Å². The Morgan fingerprint density at radius 3 is 2.50 bits per heavy atom. The Morgan fingerprint density at radius 1 is 1.44 bits per heavy atom. The number of piperidine rings is 1. The van der Waals surface area contributed by atoms with Crippen LogP contribution in [-0.2, 0) is 7.05 Å². The van der Waals surface area contributed by atoms with Gasteiger partial charge in [0.1, 0.15) is 0 Å². The van der Waals surface area contributed by atoms with E-state index in [-0.39, 0.29) is 0 Å². The highest BCUT2D eigenvalue weighted by Crippen LogP contribution is 2.36. The van der Waals surface area contributed by atoms with Crippen molar-refractivity contribution in [1.82, 2.24) is 9.78 Å². The maximum Gasteiger partial charge on any atom is 0.173 e. The molecule has 0 unspecified atom stereocenters. The minimum absolute atomic E-state index is 0.514. The van der Waals surface area contributed by atoms with Gasteiger partial charge in [0.2, 0.25) is 0 Å². The quantitative estimate of drug-likeness (QED) is 0.832. The summed E-state index contributed by atoms with van der Waals surface area (Å²) in [5.74, 6) is 0.959. The molecule has 0 atom stereocenters. The van der Waals surface area contributed by atoms with Crippen molar-refractivity contribution in [3.05, 3.63) is 6.20 Å². The Labute approximate surface area is 97.4 Å². The van der Waals surface area contributed by atoms with Crippen molar-refractivity contribution in [1.29, 1.82) is 0 Å². The first-order valence-electron chi connectivity index (χ1n) is 6.08. The van der Waals surface area contributed by atoms with Crippen LogP contribution in [0.15, 0.2) is 6.20 Å². The van der Waals surface area contributed by atoms with Gasteiger partial charge < -0.3 is 10.6 Å². The molecule has 0 bridgehead atoms. The smallest absolute Gasteiger partial charge is 0.173 e. The first-order valence-corrected chi connectivity index (χ1v) is 6.08. The maximum absolute atomic E-state index is 5.95. The minimum atomic E-state index is 0.514. The van der Waals surface area contributed by atoms with Crippen molar-refractivity contribution in [2.75, 3.05) is 23.7 Å². The monoisotopic (exact) mass is 222 g/mol. The average Bonchev–Trinajstić information content (AvgIpc) is 2.59. The van der Waals surface area contributed by atoms with Gasteiger partial charge in [0, 0.05) is 26.3 Å². The molecule has 1 aromatic rings. The SMILES string of the molecule is CCC1(C)CCN(c2nn(C)cc2N)CC1. The lowest BCUT2D eigenvalue weighted by Gasteiger charge is -2.39. The number of aromatic nitrogens is 2. The molecule has 0 aliphatic carbocycles. The lowest BCUT2D eigenvalue weighted by molar-refractivity contribution is 0.237. The Morgan fingerprint density at radius 2 is 2.06 bits per heavy atom. The van der Waals surface area contributed by atoms with Gasteiger partial charge in [-0.15, -0.1) is 0 Å². The van der Waals surface area contributed by atoms with E-state index in [2.05, 4.69) is 23.8 Å². The zero-order valence-corrected chi connectivity index (χ0v) is 10.5. The van der Waals surface area contributed by atoms with Crippen molar-refractivity contribution in [3.63, 3.8) is 0 Å². The molecule has 4 heteroatoms. The fraction of sp³-hybridized carbons (Fsp3) is 0.750. The van der Waals surface area contributed by atoms with Crippen LogP contribution >= 0.6 is 0 Å². The molecule has 1 aliphatic heterocycles. The molecule has 0 aromatic carbocycles. The second kappa shape index (κ2) is 4.00. The van der Waals surface area contributed by atoms with Crippen LogP contribution in [0.2, 0.25) is 0 Å². The number of nitrogens with zero attached hydrogens (tertiary/aromatic N) is 3. The van der Waals surface area contributed by atoms with Crippen molar-refractivity contribution in [2.24, 2.45) is 12.5 Å². The summed E-state index contributed by atoms with van der Waals surface area (Å²) in [6.07, 6.45) is 5.61. The Hall–Kier alpha value is -1.19. The van der Waals surface area contributed by atoms with Gasteiger partial charge in [0.25, 0.3) is 0 Å². The van der Waals surface area contributed by atoms with Crippen LogP contribution in [0.4, 0.5) is 11.5 Å². The average molecular weight is 222 g/mol. The molecule has 0 saturated carbocycles. The van der Waals surface area contributed by atoms with Gasteiger partial charge in [-0.25, -0.2) is 0 Å². The van der Waals surface area contributed by atoms with Gasteiger partial charge >= 0.3 is 0 Å². The predicted molar refractivity (Wildman–Crippen MR) is 67.5 cm³/mol. The third kappa shape index (κ3) is 2.01. The van der Waals surface area contributed by atoms with Crippen LogP contribution < -0.4 is 10.6 Å². The summed E-state index contributed by atoms with van der Waals surface area (Å²) in [5.41, 5.74) is 7.26. The molecule has 1 saturated heterocycles. The molecule has 4 nitrogen and oxygen atoms in total. The topological polar surface area (TPSA) is 47.1 Å². The van der Waals surface area contributed by atoms with E-state index < -0.39 is 0 Å². The molecule has 16 heavy (non-hydrogen) atoms. The Balaban J connectivity index is 2.07. The summed E-state index contributed by atoms with van der Waals surface area (Å²) in [7, 11) is 1.92. The van der Waals surface area contributed by atoms with Gasteiger partial charge in [-0.3, -0.25) is 4.68 Å². The van der Waals surface area contributed by atoms with Crippen LogP contribution in [0.3, 0.4) is 0 Å². The van der Waals surface area contributed by atoms with E-state index in [1.807, 2.05) is 13.2 Å². The van der Waals surface area contributed by atoms with E-state index >= 15 is 0 Å². The number of rotatable bonds is 2. The summed E-state index contributed by atoms with van der Waals surface area (Å²) < 4.78 is 1.79. The van der Waals surface area contributed by atoms with Crippen molar-refractivity contribution in [2.45, 2.75) is 33.1 Å². The molecule has 2 N–H and O–H groups in total. The molecule has 1 aromatic heterocycles. The second-order valence-corrected chi connectivity index (χ2v) is 5.23. The highest BCUT2D eigenvalue weighted by molar-refractivity contribution is 5.61. The van der Waals surface area contributed by atoms with E-state index in [4.69, 9.17) is 5.73 Å². The number of aryl methyl sites for hydroxylation is 1. The number of anilines is 2. The molecule has 2 heterocycles. The van der Waals surface area contributed by atoms with Crippen LogP contribution in [0.5, 0.6) is 0 Å². The summed E-state index contributed by atoms with van der Waals surface area (Å²) in [6.45, 7) is 6.81. The fourth-order valence-corrected chi connectivity index (χ4v) is 2.35. The maximum atomic E-state index is 5.95. The van der Waals surface area contributed by atoms with Crippen LogP contribution in [0.25, 0.3) is 0 Å². The molecule has 0 radical (unpaired) electrons. The van der Waals surface area contributed by atoms with Crippen LogP contribution in [0, 0.1) is 5.41 Å². The Bertz CT molecular complexity index is 361. The van der Waals surface area contributed by atoms with Gasteiger partial charge in [-0.05, 0) is 18.3 Å². The normalized spacial score (nSPS) is 20.1. The number of hydrogen-bond donors (Lipinski definition) is 1. The number of nitrogen functional groups attached to an aromatic ring is 1. The zero-order valence-electron chi connectivity index (χ0n) is 10.5. The lowest BCUT2D eigenvalue weighted by atomic mass is 9.78. The molecule has 1 fully saturated rings. The minimum Gasteiger partial charge on any atom is -0.394 e. The predicted octanol–water partition coefficient (Wildman–Crippen LogP) is 2.02. The highest BCUT2D eigenvalue weighted by Gasteiger charge is 2.29. The van der Waals surface area contributed by atoms with Crippen molar-refractivity contribution in [3.8, 4) is 0 Å². The first kappa shape index (κ1) is 11.3. The van der Waals surface area contributed by atoms with Crippen molar-refractivity contribution >= 4 is 11.5 Å². The van der Waals surface area contributed by atoms with Gasteiger partial charge in [0.05, 0.1) is 5.69 Å². The lowest BCUT2D eigenvalue weighted by Crippen LogP contribution is -2.39. The highest BCUT2D eigenvalue weighted by atomic mass is 15.3. The van der Waals surface area contributed by atoms with E-state index in [9.17, 15) is 0 Å². The van der Waals surface area contributed by atoms with E-state index in [1.165, 1.54) is 19.3 Å². The summed E-state index contributed by atoms with van der Waals surface area (Å²) in [5, 5.41) is 4.43. The largest absolute Gasteiger partial charge is 0.394 e. The Kier molecular flexibility index (Phi) is 2.82. The molecular weight excluding hydrogens is 200 g/mol. The van der Waals surface area contributed by atoms with E-state index in [0.717, 1.165) is 24.6 Å².